The number of hydrogen-bond donors (Lipinski definition) is 2. The van der Waals surface area contributed by atoms with Crippen molar-refractivity contribution < 1.29 is 17.6 Å². The summed E-state index contributed by atoms with van der Waals surface area (Å²) >= 11 is 0. The summed E-state index contributed by atoms with van der Waals surface area (Å²) in [6.45, 7) is 1.74. The summed E-state index contributed by atoms with van der Waals surface area (Å²) in [5.74, 6) is 4.07. The number of halogens is 4. The first kappa shape index (κ1) is 15.4. The molecule has 0 saturated carbocycles. The van der Waals surface area contributed by atoms with Gasteiger partial charge in [-0.05, 0) is 30.2 Å². The molecule has 0 fully saturated rings. The van der Waals surface area contributed by atoms with Gasteiger partial charge in [0, 0.05) is 18.0 Å². The first-order valence-electron chi connectivity index (χ1n) is 6.08. The number of hydrogen-bond acceptors (Lipinski definition) is 3. The maximum Gasteiger partial charge on any atom is 0.419 e. The van der Waals surface area contributed by atoms with Gasteiger partial charge in [-0.25, -0.2) is 9.82 Å². The van der Waals surface area contributed by atoms with Crippen LogP contribution in [0.1, 0.15) is 28.3 Å². The van der Waals surface area contributed by atoms with Crippen molar-refractivity contribution in [2.45, 2.75) is 19.1 Å². The molecule has 1 unspecified atom stereocenters. The van der Waals surface area contributed by atoms with Crippen molar-refractivity contribution in [3.05, 3.63) is 64.7 Å². The van der Waals surface area contributed by atoms with E-state index in [0.717, 1.165) is 11.6 Å². The molecule has 0 aliphatic heterocycles. The SMILES string of the molecule is Cc1ccncc1C(NN)c1cccc(C(F)(F)F)c1F. The minimum atomic E-state index is -4.76. The van der Waals surface area contributed by atoms with E-state index in [1.807, 2.05) is 0 Å². The Morgan fingerprint density at radius 2 is 1.90 bits per heavy atom. The van der Waals surface area contributed by atoms with Crippen molar-refractivity contribution in [3.8, 4) is 0 Å². The van der Waals surface area contributed by atoms with Crippen molar-refractivity contribution in [2.24, 2.45) is 5.84 Å². The van der Waals surface area contributed by atoms with Gasteiger partial charge in [0.2, 0.25) is 0 Å². The molecule has 7 heteroatoms. The number of aromatic nitrogens is 1. The van der Waals surface area contributed by atoms with E-state index in [2.05, 4.69) is 10.4 Å². The van der Waals surface area contributed by atoms with Gasteiger partial charge >= 0.3 is 6.18 Å². The van der Waals surface area contributed by atoms with Gasteiger partial charge in [-0.3, -0.25) is 10.8 Å². The van der Waals surface area contributed by atoms with E-state index in [1.54, 1.807) is 13.0 Å². The average Bonchev–Trinajstić information content (AvgIpc) is 2.42. The van der Waals surface area contributed by atoms with E-state index >= 15 is 0 Å². The lowest BCUT2D eigenvalue weighted by atomic mass is 9.95. The van der Waals surface area contributed by atoms with Gasteiger partial charge < -0.3 is 0 Å². The maximum atomic E-state index is 14.2. The highest BCUT2D eigenvalue weighted by atomic mass is 19.4. The molecule has 1 aromatic carbocycles. The van der Waals surface area contributed by atoms with Crippen LogP contribution in [0, 0.1) is 12.7 Å². The van der Waals surface area contributed by atoms with Gasteiger partial charge in [0.25, 0.3) is 0 Å². The lowest BCUT2D eigenvalue weighted by molar-refractivity contribution is -0.140. The summed E-state index contributed by atoms with van der Waals surface area (Å²) in [5.41, 5.74) is 2.11. The highest BCUT2D eigenvalue weighted by Crippen LogP contribution is 2.35. The van der Waals surface area contributed by atoms with E-state index in [1.165, 1.54) is 18.5 Å². The van der Waals surface area contributed by atoms with Crippen molar-refractivity contribution in [3.63, 3.8) is 0 Å². The van der Waals surface area contributed by atoms with Crippen LogP contribution >= 0.6 is 0 Å². The van der Waals surface area contributed by atoms with Crippen LogP contribution in [0.3, 0.4) is 0 Å². The number of pyridine rings is 1. The molecule has 0 aliphatic carbocycles. The molecule has 0 spiro atoms. The number of aryl methyl sites for hydroxylation is 1. The average molecular weight is 299 g/mol. The Kier molecular flexibility index (Phi) is 4.24. The van der Waals surface area contributed by atoms with Crippen molar-refractivity contribution >= 4 is 0 Å². The normalized spacial score (nSPS) is 13.2. The second-order valence-corrected chi connectivity index (χ2v) is 4.54. The number of rotatable bonds is 3. The molecule has 1 heterocycles. The third kappa shape index (κ3) is 3.03. The fourth-order valence-corrected chi connectivity index (χ4v) is 2.12. The second-order valence-electron chi connectivity index (χ2n) is 4.54. The molecule has 1 aromatic heterocycles. The van der Waals surface area contributed by atoms with E-state index in [9.17, 15) is 17.6 Å². The number of nitrogens with zero attached hydrogens (tertiary/aromatic N) is 1. The Morgan fingerprint density at radius 1 is 1.19 bits per heavy atom. The van der Waals surface area contributed by atoms with Crippen LogP contribution < -0.4 is 11.3 Å². The van der Waals surface area contributed by atoms with Crippen LogP contribution in [0.15, 0.2) is 36.7 Å². The summed E-state index contributed by atoms with van der Waals surface area (Å²) in [5, 5.41) is 0. The van der Waals surface area contributed by atoms with Gasteiger partial charge in [0.15, 0.2) is 0 Å². The summed E-state index contributed by atoms with van der Waals surface area (Å²) < 4.78 is 52.5. The van der Waals surface area contributed by atoms with Crippen LogP contribution in [-0.2, 0) is 6.18 Å². The monoisotopic (exact) mass is 299 g/mol. The Morgan fingerprint density at radius 3 is 2.48 bits per heavy atom. The zero-order valence-electron chi connectivity index (χ0n) is 11.1. The topological polar surface area (TPSA) is 50.9 Å². The molecule has 0 aliphatic rings. The Hall–Kier alpha value is -1.99. The molecule has 3 nitrogen and oxygen atoms in total. The molecule has 3 N–H and O–H groups in total. The van der Waals surface area contributed by atoms with Crippen molar-refractivity contribution in [1.29, 1.82) is 0 Å². The zero-order valence-corrected chi connectivity index (χ0v) is 11.1. The zero-order chi connectivity index (χ0) is 15.6. The van der Waals surface area contributed by atoms with Gasteiger partial charge in [-0.15, -0.1) is 0 Å². The minimum absolute atomic E-state index is 0.177. The molecule has 0 radical (unpaired) electrons. The highest BCUT2D eigenvalue weighted by molar-refractivity contribution is 5.38. The molecule has 0 amide bonds. The van der Waals surface area contributed by atoms with Gasteiger partial charge in [0.05, 0.1) is 11.6 Å². The number of benzene rings is 1. The number of nitrogens with one attached hydrogen (secondary N) is 1. The maximum absolute atomic E-state index is 14.2. The first-order chi connectivity index (χ1) is 9.86. The van der Waals surface area contributed by atoms with Crippen molar-refractivity contribution in [2.75, 3.05) is 0 Å². The Balaban J connectivity index is 2.57. The van der Waals surface area contributed by atoms with E-state index < -0.39 is 23.6 Å². The second kappa shape index (κ2) is 5.79. The van der Waals surface area contributed by atoms with Crippen LogP contribution in [0.2, 0.25) is 0 Å². The fraction of sp³-hybridized carbons (Fsp3) is 0.214. The van der Waals surface area contributed by atoms with Crippen molar-refractivity contribution in [1.82, 2.24) is 10.4 Å². The van der Waals surface area contributed by atoms with Gasteiger partial charge in [0.1, 0.15) is 5.82 Å². The van der Waals surface area contributed by atoms with Gasteiger partial charge in [-0.1, -0.05) is 12.1 Å². The van der Waals surface area contributed by atoms with Gasteiger partial charge in [-0.2, -0.15) is 13.2 Å². The van der Waals surface area contributed by atoms with Crippen LogP contribution in [-0.4, -0.2) is 4.98 Å². The number of nitrogens with two attached hydrogens (primary N) is 1. The lowest BCUT2D eigenvalue weighted by Gasteiger charge is -2.20. The molecule has 112 valence electrons. The Labute approximate surface area is 118 Å². The molecule has 2 rings (SSSR count). The van der Waals surface area contributed by atoms with E-state index in [4.69, 9.17) is 5.84 Å². The molecule has 1 atom stereocenters. The fourth-order valence-electron chi connectivity index (χ4n) is 2.12. The predicted molar refractivity (Wildman–Crippen MR) is 69.5 cm³/mol. The summed E-state index contributed by atoms with van der Waals surface area (Å²) in [4.78, 5) is 3.90. The molecule has 0 bridgehead atoms. The first-order valence-corrected chi connectivity index (χ1v) is 6.08. The summed E-state index contributed by atoms with van der Waals surface area (Å²) in [6, 6.07) is 3.87. The van der Waals surface area contributed by atoms with Crippen LogP contribution in [0.25, 0.3) is 0 Å². The summed E-state index contributed by atoms with van der Waals surface area (Å²) in [7, 11) is 0. The highest BCUT2D eigenvalue weighted by Gasteiger charge is 2.36. The largest absolute Gasteiger partial charge is 0.419 e. The third-order valence-electron chi connectivity index (χ3n) is 3.20. The molecule has 0 saturated heterocycles. The van der Waals surface area contributed by atoms with E-state index in [-0.39, 0.29) is 5.56 Å². The number of alkyl halides is 3. The predicted octanol–water partition coefficient (Wildman–Crippen LogP) is 3.10. The minimum Gasteiger partial charge on any atom is -0.271 e. The van der Waals surface area contributed by atoms with E-state index in [0.29, 0.717) is 11.6 Å². The number of hydrazine groups is 1. The molecule has 21 heavy (non-hydrogen) atoms. The summed E-state index contributed by atoms with van der Waals surface area (Å²) in [6.07, 6.45) is -1.78. The Bertz CT molecular complexity index is 640. The molecular formula is C14H13F4N3. The van der Waals surface area contributed by atoms with Crippen LogP contribution in [0.5, 0.6) is 0 Å². The molecular weight excluding hydrogens is 286 g/mol. The lowest BCUT2D eigenvalue weighted by Crippen LogP contribution is -2.30. The van der Waals surface area contributed by atoms with Crippen LogP contribution in [0.4, 0.5) is 17.6 Å². The molecule has 2 aromatic rings. The quantitative estimate of drug-likeness (QED) is 0.520. The third-order valence-corrected chi connectivity index (χ3v) is 3.20. The standard InChI is InChI=1S/C14H13F4N3/c1-8-5-6-20-7-10(8)13(21-19)9-3-2-4-11(12(9)15)14(16,17)18/h2-7,13,21H,19H2,1H3. The smallest absolute Gasteiger partial charge is 0.271 e.